The van der Waals surface area contributed by atoms with E-state index in [2.05, 4.69) is 5.10 Å². The molecule has 7 heteroatoms. The van der Waals surface area contributed by atoms with E-state index in [-0.39, 0.29) is 11.4 Å². The lowest BCUT2D eigenvalue weighted by molar-refractivity contribution is -0.137. The summed E-state index contributed by atoms with van der Waals surface area (Å²) in [5.74, 6) is -1.25. The Labute approximate surface area is 125 Å². The predicted molar refractivity (Wildman–Crippen MR) is 74.2 cm³/mol. The normalized spacial score (nSPS) is 12.5. The fourth-order valence-electron chi connectivity index (χ4n) is 1.91. The lowest BCUT2D eigenvalue weighted by Gasteiger charge is -2.14. The summed E-state index contributed by atoms with van der Waals surface area (Å²) in [5, 5.41) is 13.4. The lowest BCUT2D eigenvalue weighted by Crippen LogP contribution is -2.13. The van der Waals surface area contributed by atoms with E-state index in [0.717, 1.165) is 16.8 Å². The lowest BCUT2D eigenvalue weighted by atomic mass is 9.92. The Bertz CT molecular complexity index is 712. The van der Waals surface area contributed by atoms with Crippen LogP contribution in [0.1, 0.15) is 42.5 Å². The third kappa shape index (κ3) is 3.13. The first kappa shape index (κ1) is 16.1. The van der Waals surface area contributed by atoms with Crippen LogP contribution in [0.25, 0.3) is 5.69 Å². The molecule has 0 radical (unpaired) electrons. The highest BCUT2D eigenvalue weighted by Crippen LogP contribution is 2.31. The number of nitrogens with zero attached hydrogens (tertiary/aromatic N) is 2. The molecule has 118 valence electrons. The molecule has 4 nitrogen and oxygen atoms in total. The summed E-state index contributed by atoms with van der Waals surface area (Å²) in [6.45, 7) is 5.53. The molecule has 1 N–H and O–H groups in total. The topological polar surface area (TPSA) is 55.1 Å². The molecule has 0 amide bonds. The fourth-order valence-corrected chi connectivity index (χ4v) is 1.91. The Kier molecular flexibility index (Phi) is 3.76. The Hall–Kier alpha value is -2.31. The maximum atomic E-state index is 12.8. The van der Waals surface area contributed by atoms with Crippen LogP contribution >= 0.6 is 0 Å². The maximum absolute atomic E-state index is 12.8. The van der Waals surface area contributed by atoms with Crippen molar-refractivity contribution in [2.75, 3.05) is 0 Å². The van der Waals surface area contributed by atoms with E-state index in [0.29, 0.717) is 5.69 Å². The van der Waals surface area contributed by atoms with Gasteiger partial charge in [-0.1, -0.05) is 26.8 Å². The molecular formula is C15H15F3N2O2. The first-order valence-corrected chi connectivity index (χ1v) is 6.51. The summed E-state index contributed by atoms with van der Waals surface area (Å²) >= 11 is 0. The molecule has 0 unspecified atom stereocenters. The molecule has 0 saturated carbocycles. The van der Waals surface area contributed by atoms with Gasteiger partial charge < -0.3 is 5.11 Å². The van der Waals surface area contributed by atoms with Gasteiger partial charge in [0.1, 0.15) is 0 Å². The van der Waals surface area contributed by atoms with Gasteiger partial charge in [0, 0.05) is 5.41 Å². The number of carboxylic acid groups (broad SMARTS) is 1. The van der Waals surface area contributed by atoms with Gasteiger partial charge in [-0.05, 0) is 24.3 Å². The molecule has 0 spiro atoms. The second-order valence-electron chi connectivity index (χ2n) is 5.93. The molecule has 0 saturated heterocycles. The Morgan fingerprint density at radius 1 is 1.18 bits per heavy atom. The van der Waals surface area contributed by atoms with Crippen molar-refractivity contribution in [1.29, 1.82) is 0 Å². The highest BCUT2D eigenvalue weighted by atomic mass is 19.4. The number of hydrogen-bond acceptors (Lipinski definition) is 2. The van der Waals surface area contributed by atoms with E-state index >= 15 is 0 Å². The first-order chi connectivity index (χ1) is 10.00. The van der Waals surface area contributed by atoms with Crippen LogP contribution in [0.5, 0.6) is 0 Å². The van der Waals surface area contributed by atoms with Gasteiger partial charge in [-0.15, -0.1) is 0 Å². The van der Waals surface area contributed by atoms with Gasteiger partial charge >= 0.3 is 12.1 Å². The van der Waals surface area contributed by atoms with Crippen LogP contribution in [-0.2, 0) is 11.6 Å². The molecule has 0 bridgehead atoms. The van der Waals surface area contributed by atoms with Gasteiger partial charge in [0.2, 0.25) is 0 Å². The summed E-state index contributed by atoms with van der Waals surface area (Å²) in [7, 11) is 0. The molecular weight excluding hydrogens is 297 g/mol. The van der Waals surface area contributed by atoms with Gasteiger partial charge in [0.05, 0.1) is 16.9 Å². The molecule has 0 fully saturated rings. The number of rotatable bonds is 2. The second kappa shape index (κ2) is 5.15. The monoisotopic (exact) mass is 312 g/mol. The molecule has 1 aromatic heterocycles. The van der Waals surface area contributed by atoms with E-state index in [9.17, 15) is 23.1 Å². The highest BCUT2D eigenvalue weighted by Gasteiger charge is 2.31. The summed E-state index contributed by atoms with van der Waals surface area (Å²) in [5.41, 5.74) is -0.902. The molecule has 1 heterocycles. The zero-order valence-corrected chi connectivity index (χ0v) is 12.3. The van der Waals surface area contributed by atoms with Crippen molar-refractivity contribution in [2.45, 2.75) is 32.4 Å². The Balaban J connectivity index is 2.62. The van der Waals surface area contributed by atoms with Crippen LogP contribution in [0.3, 0.4) is 0 Å². The van der Waals surface area contributed by atoms with Gasteiger partial charge in [-0.2, -0.15) is 18.3 Å². The third-order valence-corrected chi connectivity index (χ3v) is 3.11. The number of benzene rings is 1. The number of aromatic nitrogens is 2. The minimum absolute atomic E-state index is 0.0581. The van der Waals surface area contributed by atoms with Crippen molar-refractivity contribution in [3.63, 3.8) is 0 Å². The van der Waals surface area contributed by atoms with Crippen LogP contribution in [0.2, 0.25) is 0 Å². The van der Waals surface area contributed by atoms with Gasteiger partial charge in [-0.3, -0.25) is 0 Å². The molecule has 2 aromatic rings. The van der Waals surface area contributed by atoms with Crippen molar-refractivity contribution >= 4 is 5.97 Å². The summed E-state index contributed by atoms with van der Waals surface area (Å²) in [4.78, 5) is 11.3. The van der Waals surface area contributed by atoms with E-state index in [1.54, 1.807) is 0 Å². The van der Waals surface area contributed by atoms with Crippen molar-refractivity contribution in [1.82, 2.24) is 9.78 Å². The zero-order chi connectivity index (χ0) is 16.7. The predicted octanol–water partition coefficient (Wildman–Crippen LogP) is 3.89. The minimum Gasteiger partial charge on any atom is -0.477 e. The van der Waals surface area contributed by atoms with E-state index in [1.165, 1.54) is 18.2 Å². The number of halogens is 3. The highest BCUT2D eigenvalue weighted by molar-refractivity contribution is 5.86. The van der Waals surface area contributed by atoms with Gasteiger partial charge in [-0.25, -0.2) is 9.48 Å². The molecule has 0 aliphatic heterocycles. The molecule has 22 heavy (non-hydrogen) atoms. The average Bonchev–Trinajstić information content (AvgIpc) is 2.83. The van der Waals surface area contributed by atoms with Crippen molar-refractivity contribution in [3.05, 3.63) is 47.3 Å². The molecule has 0 aliphatic rings. The summed E-state index contributed by atoms with van der Waals surface area (Å²) in [6.07, 6.45) is -4.50. The number of hydrogen-bond donors (Lipinski definition) is 1. The standard InChI is InChI=1S/C15H15F3N2O2/c1-14(2,3)12-8-11(13(21)22)20(19-12)10-6-4-5-9(7-10)15(16,17)18/h4-8H,1-3H3,(H,21,22). The van der Waals surface area contributed by atoms with Crippen LogP contribution < -0.4 is 0 Å². The molecule has 2 rings (SSSR count). The molecule has 1 aromatic carbocycles. The SMILES string of the molecule is CC(C)(C)c1cc(C(=O)O)n(-c2cccc(C(F)(F)F)c2)n1. The second-order valence-corrected chi connectivity index (χ2v) is 5.93. The Morgan fingerprint density at radius 3 is 2.32 bits per heavy atom. The number of aromatic carboxylic acids is 1. The van der Waals surface area contributed by atoms with Crippen LogP contribution in [0.15, 0.2) is 30.3 Å². The molecule has 0 atom stereocenters. The minimum atomic E-state index is -4.50. The van der Waals surface area contributed by atoms with Gasteiger partial charge in [0.15, 0.2) is 5.69 Å². The van der Waals surface area contributed by atoms with Crippen LogP contribution in [-0.4, -0.2) is 20.9 Å². The fraction of sp³-hybridized carbons (Fsp3) is 0.333. The number of carbonyl (C=O) groups is 1. The quantitative estimate of drug-likeness (QED) is 0.915. The first-order valence-electron chi connectivity index (χ1n) is 6.51. The van der Waals surface area contributed by atoms with Crippen molar-refractivity contribution in [3.8, 4) is 5.69 Å². The third-order valence-electron chi connectivity index (χ3n) is 3.11. The van der Waals surface area contributed by atoms with Gasteiger partial charge in [0.25, 0.3) is 0 Å². The number of carboxylic acids is 1. The molecule has 0 aliphatic carbocycles. The zero-order valence-electron chi connectivity index (χ0n) is 12.3. The van der Waals surface area contributed by atoms with E-state index in [1.807, 2.05) is 20.8 Å². The van der Waals surface area contributed by atoms with E-state index < -0.39 is 23.1 Å². The summed E-state index contributed by atoms with van der Waals surface area (Å²) in [6, 6.07) is 5.80. The average molecular weight is 312 g/mol. The Morgan fingerprint density at radius 2 is 1.82 bits per heavy atom. The smallest absolute Gasteiger partial charge is 0.416 e. The van der Waals surface area contributed by atoms with Crippen molar-refractivity contribution < 1.29 is 23.1 Å². The maximum Gasteiger partial charge on any atom is 0.416 e. The summed E-state index contributed by atoms with van der Waals surface area (Å²) < 4.78 is 39.4. The van der Waals surface area contributed by atoms with E-state index in [4.69, 9.17) is 0 Å². The van der Waals surface area contributed by atoms with Crippen LogP contribution in [0.4, 0.5) is 13.2 Å². The van der Waals surface area contributed by atoms with Crippen molar-refractivity contribution in [2.24, 2.45) is 0 Å². The number of alkyl halides is 3. The van der Waals surface area contributed by atoms with Crippen LogP contribution in [0, 0.1) is 0 Å². The largest absolute Gasteiger partial charge is 0.477 e.